The van der Waals surface area contributed by atoms with Crippen molar-refractivity contribution in [1.82, 2.24) is 9.88 Å². The molecule has 25 heavy (non-hydrogen) atoms. The molecule has 1 aliphatic rings. The Morgan fingerprint density at radius 3 is 2.60 bits per heavy atom. The molecule has 1 fully saturated rings. The van der Waals surface area contributed by atoms with Crippen molar-refractivity contribution in [2.45, 2.75) is 84.7 Å². The van der Waals surface area contributed by atoms with E-state index in [4.69, 9.17) is 4.74 Å². The second kappa shape index (κ2) is 11.5. The zero-order chi connectivity index (χ0) is 17.9. The van der Waals surface area contributed by atoms with Crippen LogP contribution in [0.25, 0.3) is 0 Å². The molecule has 0 N–H and O–H groups in total. The quantitative estimate of drug-likeness (QED) is 0.496. The largest absolute Gasteiger partial charge is 0.490 e. The molecule has 0 unspecified atom stereocenters. The molecule has 1 heterocycles. The average Bonchev–Trinajstić information content (AvgIpc) is 2.63. The lowest BCUT2D eigenvalue weighted by Crippen LogP contribution is -2.25. The summed E-state index contributed by atoms with van der Waals surface area (Å²) in [6.45, 7) is 10.5. The van der Waals surface area contributed by atoms with Crippen LogP contribution in [0.15, 0.2) is 18.3 Å². The summed E-state index contributed by atoms with van der Waals surface area (Å²) in [6, 6.07) is 4.18. The number of hydrogen-bond donors (Lipinski definition) is 0. The van der Waals surface area contributed by atoms with Gasteiger partial charge in [0.05, 0.1) is 6.10 Å². The van der Waals surface area contributed by atoms with Crippen molar-refractivity contribution >= 4 is 0 Å². The molecule has 0 bridgehead atoms. The number of nitrogens with zero attached hydrogens (tertiary/aromatic N) is 2. The van der Waals surface area contributed by atoms with Crippen LogP contribution >= 0.6 is 0 Å². The Labute approximate surface area is 155 Å². The van der Waals surface area contributed by atoms with Crippen LogP contribution in [0.3, 0.4) is 0 Å². The van der Waals surface area contributed by atoms with Crippen molar-refractivity contribution in [2.75, 3.05) is 19.6 Å². The van der Waals surface area contributed by atoms with E-state index in [1.807, 2.05) is 12.3 Å². The first-order chi connectivity index (χ1) is 12.2. The topological polar surface area (TPSA) is 25.4 Å². The van der Waals surface area contributed by atoms with Gasteiger partial charge in [-0.3, -0.25) is 4.98 Å². The fourth-order valence-electron chi connectivity index (χ4n) is 3.77. The Balaban J connectivity index is 1.67. The van der Waals surface area contributed by atoms with Gasteiger partial charge in [0.25, 0.3) is 0 Å². The molecule has 1 aromatic rings. The van der Waals surface area contributed by atoms with E-state index in [2.05, 4.69) is 36.7 Å². The molecule has 0 aliphatic heterocycles. The van der Waals surface area contributed by atoms with Gasteiger partial charge in [-0.1, -0.05) is 27.2 Å². The maximum Gasteiger partial charge on any atom is 0.123 e. The van der Waals surface area contributed by atoms with E-state index in [-0.39, 0.29) is 0 Å². The summed E-state index contributed by atoms with van der Waals surface area (Å²) in [6.07, 6.45) is 13.4. The lowest BCUT2D eigenvalue weighted by molar-refractivity contribution is 0.135. The minimum Gasteiger partial charge on any atom is -0.490 e. The third-order valence-electron chi connectivity index (χ3n) is 5.45. The highest BCUT2D eigenvalue weighted by Gasteiger charge is 2.19. The maximum absolute atomic E-state index is 6.20. The van der Waals surface area contributed by atoms with Gasteiger partial charge in [0.1, 0.15) is 5.75 Å². The van der Waals surface area contributed by atoms with E-state index in [0.29, 0.717) is 6.10 Å². The van der Waals surface area contributed by atoms with Gasteiger partial charge in [0.15, 0.2) is 0 Å². The number of pyridine rings is 1. The van der Waals surface area contributed by atoms with Crippen LogP contribution in [0.2, 0.25) is 0 Å². The highest BCUT2D eigenvalue weighted by molar-refractivity contribution is 5.23. The van der Waals surface area contributed by atoms with E-state index in [0.717, 1.165) is 18.1 Å². The normalized spacial score (nSPS) is 20.8. The predicted molar refractivity (Wildman–Crippen MR) is 106 cm³/mol. The molecule has 142 valence electrons. The molecule has 1 saturated carbocycles. The summed E-state index contributed by atoms with van der Waals surface area (Å²) in [5.41, 5.74) is 1.18. The first-order valence-electron chi connectivity index (χ1n) is 10.5. The van der Waals surface area contributed by atoms with E-state index >= 15 is 0 Å². The average molecular weight is 347 g/mol. The van der Waals surface area contributed by atoms with E-state index in [1.165, 1.54) is 76.7 Å². The van der Waals surface area contributed by atoms with Gasteiger partial charge in [-0.15, -0.1) is 0 Å². The summed E-state index contributed by atoms with van der Waals surface area (Å²) in [5, 5.41) is 0. The van der Waals surface area contributed by atoms with Gasteiger partial charge in [-0.25, -0.2) is 0 Å². The molecular formula is C22H38N2O. The standard InChI is InChI=1S/C22H38N2O/c1-4-16-24(5-2)17-8-6-7-9-20-18-22(14-15-23-20)25-21-12-10-19(3)11-13-21/h14-15,18-19,21H,4-13,16-17H2,1-3H3. The van der Waals surface area contributed by atoms with Gasteiger partial charge < -0.3 is 9.64 Å². The lowest BCUT2D eigenvalue weighted by atomic mass is 9.89. The summed E-state index contributed by atoms with van der Waals surface area (Å²) in [5.74, 6) is 1.89. The molecule has 0 atom stereocenters. The molecular weight excluding hydrogens is 308 g/mol. The number of unbranched alkanes of at least 4 members (excludes halogenated alkanes) is 2. The minimum absolute atomic E-state index is 0.407. The van der Waals surface area contributed by atoms with Crippen molar-refractivity contribution < 1.29 is 4.74 Å². The Morgan fingerprint density at radius 1 is 1.08 bits per heavy atom. The number of aromatic nitrogens is 1. The summed E-state index contributed by atoms with van der Waals surface area (Å²) >= 11 is 0. The molecule has 2 rings (SSSR count). The minimum atomic E-state index is 0.407. The zero-order valence-electron chi connectivity index (χ0n) is 16.7. The van der Waals surface area contributed by atoms with Crippen LogP contribution in [-0.2, 0) is 6.42 Å². The number of ether oxygens (including phenoxy) is 1. The first-order valence-corrected chi connectivity index (χ1v) is 10.5. The van der Waals surface area contributed by atoms with E-state index < -0.39 is 0 Å². The van der Waals surface area contributed by atoms with E-state index in [1.54, 1.807) is 0 Å². The fraction of sp³-hybridized carbons (Fsp3) is 0.773. The monoisotopic (exact) mass is 346 g/mol. The van der Waals surface area contributed by atoms with Crippen LogP contribution < -0.4 is 4.74 Å². The third-order valence-corrected chi connectivity index (χ3v) is 5.45. The highest BCUT2D eigenvalue weighted by Crippen LogP contribution is 2.27. The SMILES string of the molecule is CCCN(CC)CCCCCc1cc(OC2CCC(C)CC2)ccn1. The Morgan fingerprint density at radius 2 is 1.88 bits per heavy atom. The zero-order valence-corrected chi connectivity index (χ0v) is 16.7. The lowest BCUT2D eigenvalue weighted by Gasteiger charge is -2.26. The Bertz CT molecular complexity index is 469. The van der Waals surface area contributed by atoms with Crippen LogP contribution in [0.1, 0.15) is 77.8 Å². The summed E-state index contributed by atoms with van der Waals surface area (Å²) in [4.78, 5) is 7.09. The van der Waals surface area contributed by atoms with E-state index in [9.17, 15) is 0 Å². The van der Waals surface area contributed by atoms with Crippen molar-refractivity contribution in [1.29, 1.82) is 0 Å². The van der Waals surface area contributed by atoms with Crippen molar-refractivity contribution in [2.24, 2.45) is 5.92 Å². The number of rotatable bonds is 11. The second-order valence-electron chi connectivity index (χ2n) is 7.73. The molecule has 1 aliphatic carbocycles. The molecule has 0 radical (unpaired) electrons. The van der Waals surface area contributed by atoms with Gasteiger partial charge in [-0.05, 0) is 83.0 Å². The number of aryl methyl sites for hydroxylation is 1. The second-order valence-corrected chi connectivity index (χ2v) is 7.73. The Kier molecular flexibility index (Phi) is 9.31. The van der Waals surface area contributed by atoms with Crippen LogP contribution in [0, 0.1) is 5.92 Å². The summed E-state index contributed by atoms with van der Waals surface area (Å²) in [7, 11) is 0. The molecule has 0 aromatic carbocycles. The third kappa shape index (κ3) is 7.77. The molecule has 1 aromatic heterocycles. The van der Waals surface area contributed by atoms with Gasteiger partial charge in [-0.2, -0.15) is 0 Å². The van der Waals surface area contributed by atoms with Crippen LogP contribution in [0.4, 0.5) is 0 Å². The molecule has 3 heteroatoms. The molecule has 0 amide bonds. The van der Waals surface area contributed by atoms with Gasteiger partial charge in [0, 0.05) is 18.0 Å². The smallest absolute Gasteiger partial charge is 0.123 e. The maximum atomic E-state index is 6.20. The van der Waals surface area contributed by atoms with Crippen molar-refractivity contribution in [3.8, 4) is 5.75 Å². The van der Waals surface area contributed by atoms with Crippen molar-refractivity contribution in [3.63, 3.8) is 0 Å². The van der Waals surface area contributed by atoms with Crippen LogP contribution in [0.5, 0.6) is 5.75 Å². The van der Waals surface area contributed by atoms with Crippen molar-refractivity contribution in [3.05, 3.63) is 24.0 Å². The predicted octanol–water partition coefficient (Wildman–Crippen LogP) is 5.48. The van der Waals surface area contributed by atoms with Crippen LogP contribution in [-0.4, -0.2) is 35.6 Å². The summed E-state index contributed by atoms with van der Waals surface area (Å²) < 4.78 is 6.20. The van der Waals surface area contributed by atoms with Gasteiger partial charge in [0.2, 0.25) is 0 Å². The van der Waals surface area contributed by atoms with Gasteiger partial charge >= 0.3 is 0 Å². The highest BCUT2D eigenvalue weighted by atomic mass is 16.5. The fourth-order valence-corrected chi connectivity index (χ4v) is 3.77. The molecule has 3 nitrogen and oxygen atoms in total. The molecule has 0 spiro atoms. The molecule has 0 saturated heterocycles. The number of hydrogen-bond acceptors (Lipinski definition) is 3. The first kappa shape index (κ1) is 20.2. The Hall–Kier alpha value is -1.09.